The summed E-state index contributed by atoms with van der Waals surface area (Å²) < 4.78 is 71.5. The molecule has 0 amide bonds. The van der Waals surface area contributed by atoms with E-state index in [9.17, 15) is 16.8 Å². The van der Waals surface area contributed by atoms with Crippen LogP contribution < -0.4 is 13.8 Å². The molecule has 0 aliphatic heterocycles. The number of hydrogen-bond donors (Lipinski definition) is 0. The van der Waals surface area contributed by atoms with Crippen molar-refractivity contribution in [3.63, 3.8) is 0 Å². The highest BCUT2D eigenvalue weighted by molar-refractivity contribution is 7.93. The number of rotatable bonds is 11. The molecule has 0 aliphatic carbocycles. The largest absolute Gasteiger partial charge is 0.497 e. The number of aromatic nitrogens is 2. The average Bonchev–Trinajstić information content (AvgIpc) is 3.32. The van der Waals surface area contributed by atoms with Crippen molar-refractivity contribution in [1.82, 2.24) is 9.36 Å². The third kappa shape index (κ3) is 5.96. The van der Waals surface area contributed by atoms with Gasteiger partial charge in [-0.25, -0.2) is 17.7 Å². The molecule has 0 fully saturated rings. The van der Waals surface area contributed by atoms with Crippen LogP contribution in [0.1, 0.15) is 18.1 Å². The molecule has 0 spiro atoms. The first kappa shape index (κ1) is 26.2. The summed E-state index contributed by atoms with van der Waals surface area (Å²) in [6.07, 6.45) is 1.25. The van der Waals surface area contributed by atoms with Gasteiger partial charge in [0.2, 0.25) is 5.13 Å². The third-order valence-electron chi connectivity index (χ3n) is 4.61. The fourth-order valence-corrected chi connectivity index (χ4v) is 6.64. The topological polar surface area (TPSA) is 125 Å². The Morgan fingerprint density at radius 3 is 2.35 bits per heavy atom. The smallest absolute Gasteiger partial charge is 0.271 e. The molecule has 0 saturated carbocycles. The van der Waals surface area contributed by atoms with Gasteiger partial charge in [-0.2, -0.15) is 12.8 Å². The van der Waals surface area contributed by atoms with Crippen LogP contribution in [-0.2, 0) is 36.6 Å². The van der Waals surface area contributed by atoms with E-state index in [-0.39, 0.29) is 33.8 Å². The molecule has 0 atom stereocenters. The van der Waals surface area contributed by atoms with Gasteiger partial charge in [0.1, 0.15) is 23.6 Å². The maximum absolute atomic E-state index is 13.6. The molecule has 0 aliphatic rings. The molecule has 10 nitrogen and oxygen atoms in total. The zero-order chi connectivity index (χ0) is 24.9. The second-order valence-corrected chi connectivity index (χ2v) is 11.4. The molecule has 1 aromatic heterocycles. The van der Waals surface area contributed by atoms with Crippen molar-refractivity contribution in [2.75, 3.05) is 25.1 Å². The lowest BCUT2D eigenvalue weighted by Gasteiger charge is -2.23. The predicted octanol–water partition coefficient (Wildman–Crippen LogP) is 3.47. The molecule has 3 aromatic rings. The van der Waals surface area contributed by atoms with Crippen LogP contribution in [0.3, 0.4) is 0 Å². The van der Waals surface area contributed by atoms with E-state index >= 15 is 0 Å². The second-order valence-electron chi connectivity index (χ2n) is 6.78. The highest BCUT2D eigenvalue weighted by Crippen LogP contribution is 2.32. The standard InChI is InChI=1S/C20H22ClN3O7S3/c1-4-31-33(25,26)12-15-6-8-17(10-18(15)21)34(27,28)24(20-22-13-23-32-20)11-14-5-7-16(29-2)9-19(14)30-3/h5-10,13H,4,11-12H2,1-3H3. The zero-order valence-electron chi connectivity index (χ0n) is 18.5. The van der Waals surface area contributed by atoms with Crippen molar-refractivity contribution in [2.45, 2.75) is 24.1 Å². The summed E-state index contributed by atoms with van der Waals surface area (Å²) in [6.45, 7) is 1.43. The number of hydrogen-bond acceptors (Lipinski definition) is 10. The summed E-state index contributed by atoms with van der Waals surface area (Å²) in [5.41, 5.74) is 0.779. The van der Waals surface area contributed by atoms with Crippen molar-refractivity contribution in [1.29, 1.82) is 0 Å². The predicted molar refractivity (Wildman–Crippen MR) is 129 cm³/mol. The second kappa shape index (κ2) is 10.9. The Bertz CT molecular complexity index is 1350. The van der Waals surface area contributed by atoms with E-state index in [1.807, 2.05) is 0 Å². The van der Waals surface area contributed by atoms with E-state index in [4.69, 9.17) is 25.3 Å². The van der Waals surface area contributed by atoms with Gasteiger partial charge in [0.25, 0.3) is 20.1 Å². The molecule has 1 heterocycles. The molecule has 184 valence electrons. The SMILES string of the molecule is CCOS(=O)(=O)Cc1ccc(S(=O)(=O)N(Cc2ccc(OC)cc2OC)c2ncns2)cc1Cl. The molecule has 14 heteroatoms. The molecular weight excluding hydrogens is 526 g/mol. The summed E-state index contributed by atoms with van der Waals surface area (Å²) in [5.74, 6) is 0.497. The molecule has 34 heavy (non-hydrogen) atoms. The van der Waals surface area contributed by atoms with Crippen LogP contribution in [0.25, 0.3) is 0 Å². The van der Waals surface area contributed by atoms with Gasteiger partial charge < -0.3 is 9.47 Å². The number of nitrogens with zero attached hydrogens (tertiary/aromatic N) is 3. The van der Waals surface area contributed by atoms with E-state index in [2.05, 4.69) is 9.36 Å². The van der Waals surface area contributed by atoms with Gasteiger partial charge in [0.15, 0.2) is 0 Å². The molecular formula is C20H22ClN3O7S3. The highest BCUT2D eigenvalue weighted by atomic mass is 35.5. The number of methoxy groups -OCH3 is 2. The Labute approximate surface area is 207 Å². The van der Waals surface area contributed by atoms with Gasteiger partial charge in [0.05, 0.1) is 32.3 Å². The van der Waals surface area contributed by atoms with E-state index in [1.165, 1.54) is 38.7 Å². The first-order valence-electron chi connectivity index (χ1n) is 9.77. The van der Waals surface area contributed by atoms with Crippen molar-refractivity contribution < 1.29 is 30.5 Å². The Kier molecular flexibility index (Phi) is 8.36. The zero-order valence-corrected chi connectivity index (χ0v) is 21.7. The fourth-order valence-electron chi connectivity index (χ4n) is 3.01. The van der Waals surface area contributed by atoms with Gasteiger partial charge in [0, 0.05) is 28.2 Å². The van der Waals surface area contributed by atoms with Crippen LogP contribution in [0.2, 0.25) is 5.02 Å². The summed E-state index contributed by atoms with van der Waals surface area (Å²) in [4.78, 5) is 3.92. The number of sulfonamides is 1. The van der Waals surface area contributed by atoms with Gasteiger partial charge in [-0.3, -0.25) is 4.18 Å². The van der Waals surface area contributed by atoms with Gasteiger partial charge in [-0.1, -0.05) is 17.7 Å². The molecule has 0 bridgehead atoms. The monoisotopic (exact) mass is 547 g/mol. The van der Waals surface area contributed by atoms with Crippen LogP contribution in [-0.4, -0.2) is 47.0 Å². The highest BCUT2D eigenvalue weighted by Gasteiger charge is 2.29. The van der Waals surface area contributed by atoms with E-state index < -0.39 is 25.9 Å². The third-order valence-corrected chi connectivity index (χ3v) is 8.76. The average molecular weight is 548 g/mol. The van der Waals surface area contributed by atoms with Crippen LogP contribution in [0.5, 0.6) is 11.5 Å². The summed E-state index contributed by atoms with van der Waals surface area (Å²) >= 11 is 7.16. The minimum atomic E-state index is -4.17. The first-order valence-corrected chi connectivity index (χ1v) is 13.9. The quantitative estimate of drug-likeness (QED) is 0.332. The first-order chi connectivity index (χ1) is 16.1. The molecule has 2 aromatic carbocycles. The summed E-state index contributed by atoms with van der Waals surface area (Å²) in [7, 11) is -5.03. The van der Waals surface area contributed by atoms with Crippen LogP contribution in [0.4, 0.5) is 5.13 Å². The van der Waals surface area contributed by atoms with Gasteiger partial charge >= 0.3 is 0 Å². The van der Waals surface area contributed by atoms with Crippen molar-refractivity contribution >= 4 is 48.4 Å². The van der Waals surface area contributed by atoms with Crippen molar-refractivity contribution in [3.8, 4) is 11.5 Å². The van der Waals surface area contributed by atoms with E-state index in [0.717, 1.165) is 15.8 Å². The lowest BCUT2D eigenvalue weighted by Crippen LogP contribution is -2.30. The van der Waals surface area contributed by atoms with E-state index in [0.29, 0.717) is 17.1 Å². The lowest BCUT2D eigenvalue weighted by atomic mass is 10.2. The maximum Gasteiger partial charge on any atom is 0.271 e. The van der Waals surface area contributed by atoms with Gasteiger partial charge in [-0.05, 0) is 36.8 Å². The maximum atomic E-state index is 13.6. The van der Waals surface area contributed by atoms with Crippen molar-refractivity contribution in [2.24, 2.45) is 0 Å². The normalized spacial score (nSPS) is 11.9. The molecule has 0 N–H and O–H groups in total. The molecule has 3 rings (SSSR count). The number of ether oxygens (including phenoxy) is 2. The van der Waals surface area contributed by atoms with Crippen molar-refractivity contribution in [3.05, 3.63) is 58.9 Å². The minimum Gasteiger partial charge on any atom is -0.497 e. The van der Waals surface area contributed by atoms with Crippen LogP contribution in [0, 0.1) is 0 Å². The Hall–Kier alpha value is -2.45. The lowest BCUT2D eigenvalue weighted by molar-refractivity contribution is 0.337. The molecule has 0 unspecified atom stereocenters. The van der Waals surface area contributed by atoms with Gasteiger partial charge in [-0.15, -0.1) is 0 Å². The molecule has 0 radical (unpaired) electrons. The Balaban J connectivity index is 2.00. The number of halogens is 1. The minimum absolute atomic E-state index is 0.0158. The number of anilines is 1. The summed E-state index contributed by atoms with van der Waals surface area (Å²) in [5, 5.41) is 0.112. The summed E-state index contributed by atoms with van der Waals surface area (Å²) in [6, 6.07) is 8.86. The van der Waals surface area contributed by atoms with E-state index in [1.54, 1.807) is 25.1 Å². The van der Waals surface area contributed by atoms with Crippen LogP contribution >= 0.6 is 23.1 Å². The van der Waals surface area contributed by atoms with Crippen LogP contribution in [0.15, 0.2) is 47.6 Å². The Morgan fingerprint density at radius 1 is 1.03 bits per heavy atom. The molecule has 0 saturated heterocycles. The Morgan fingerprint density at radius 2 is 1.76 bits per heavy atom. The number of benzene rings is 2. The fraction of sp³-hybridized carbons (Fsp3) is 0.300.